The van der Waals surface area contributed by atoms with Crippen molar-refractivity contribution in [3.63, 3.8) is 0 Å². The van der Waals surface area contributed by atoms with Crippen molar-refractivity contribution in [2.75, 3.05) is 18.6 Å². The summed E-state index contributed by atoms with van der Waals surface area (Å²) in [4.78, 5) is 12.0. The van der Waals surface area contributed by atoms with Crippen molar-refractivity contribution in [3.8, 4) is 5.75 Å². The van der Waals surface area contributed by atoms with Crippen LogP contribution >= 0.6 is 12.2 Å². The summed E-state index contributed by atoms with van der Waals surface area (Å²) in [5.41, 5.74) is 11.5. The van der Waals surface area contributed by atoms with Gasteiger partial charge in [0.15, 0.2) is 10.8 Å². The molecule has 0 fully saturated rings. The van der Waals surface area contributed by atoms with E-state index in [1.807, 2.05) is 6.92 Å². The molecule has 1 aromatic carbocycles. The fraction of sp³-hybridized carbons (Fsp3) is 0.333. The molecule has 0 saturated heterocycles. The van der Waals surface area contributed by atoms with Crippen LogP contribution in [0.3, 0.4) is 0 Å². The standard InChI is InChI=1S/C15H21N5O3S/c1-4-22-12-8-6-11(7-9-12)18-19-13(14(21)23-5-2)10(3)17-20-15(16)24/h6-9,18H,4-5H2,1-3H3,(H3,16,20,24)/b17-10?,19-13-. The molecule has 0 atom stereocenters. The summed E-state index contributed by atoms with van der Waals surface area (Å²) in [6.45, 7) is 6.00. The Morgan fingerprint density at radius 1 is 1.21 bits per heavy atom. The summed E-state index contributed by atoms with van der Waals surface area (Å²) in [5, 5.41) is 7.93. The minimum atomic E-state index is -0.609. The molecule has 9 heteroatoms. The van der Waals surface area contributed by atoms with Gasteiger partial charge in [0, 0.05) is 0 Å². The number of benzene rings is 1. The highest BCUT2D eigenvalue weighted by Gasteiger charge is 2.17. The zero-order valence-corrected chi connectivity index (χ0v) is 14.6. The molecule has 0 aliphatic rings. The molecular formula is C15H21N5O3S. The van der Waals surface area contributed by atoms with Crippen LogP contribution in [0, 0.1) is 0 Å². The van der Waals surface area contributed by atoms with Crippen LogP contribution in [0.2, 0.25) is 0 Å². The number of esters is 1. The van der Waals surface area contributed by atoms with Crippen LogP contribution < -0.4 is 21.3 Å². The van der Waals surface area contributed by atoms with E-state index < -0.39 is 5.97 Å². The molecule has 4 N–H and O–H groups in total. The normalized spacial score (nSPS) is 11.6. The molecule has 0 aromatic heterocycles. The largest absolute Gasteiger partial charge is 0.494 e. The van der Waals surface area contributed by atoms with Crippen molar-refractivity contribution in [2.24, 2.45) is 15.9 Å². The molecule has 0 saturated carbocycles. The number of nitrogens with two attached hydrogens (primary N) is 1. The molecule has 130 valence electrons. The first-order valence-corrected chi connectivity index (χ1v) is 7.72. The molecule has 1 rings (SSSR count). The second-order valence-corrected chi connectivity index (χ2v) is 4.86. The van der Waals surface area contributed by atoms with E-state index in [2.05, 4.69) is 33.3 Å². The van der Waals surface area contributed by atoms with E-state index in [9.17, 15) is 4.79 Å². The second kappa shape index (κ2) is 10.2. The average molecular weight is 351 g/mol. The molecule has 24 heavy (non-hydrogen) atoms. The summed E-state index contributed by atoms with van der Waals surface area (Å²) in [6, 6.07) is 7.13. The Labute approximate surface area is 146 Å². The molecule has 0 amide bonds. The van der Waals surface area contributed by atoms with Gasteiger partial charge in [0.1, 0.15) is 5.75 Å². The number of nitrogens with zero attached hydrogens (tertiary/aromatic N) is 2. The van der Waals surface area contributed by atoms with Crippen LogP contribution in [-0.2, 0) is 9.53 Å². The van der Waals surface area contributed by atoms with Crippen LogP contribution in [0.15, 0.2) is 34.5 Å². The van der Waals surface area contributed by atoms with Gasteiger partial charge in [-0.3, -0.25) is 10.9 Å². The van der Waals surface area contributed by atoms with Crippen LogP contribution in [0.4, 0.5) is 5.69 Å². The summed E-state index contributed by atoms with van der Waals surface area (Å²) in [6.07, 6.45) is 0. The molecule has 0 radical (unpaired) electrons. The molecule has 0 heterocycles. The second-order valence-electron chi connectivity index (χ2n) is 4.42. The van der Waals surface area contributed by atoms with Crippen LogP contribution in [-0.4, -0.2) is 35.7 Å². The molecule has 1 aromatic rings. The fourth-order valence-corrected chi connectivity index (χ4v) is 1.62. The molecule has 0 spiro atoms. The molecule has 8 nitrogen and oxygen atoms in total. The summed E-state index contributed by atoms with van der Waals surface area (Å²) in [7, 11) is 0. The first kappa shape index (κ1) is 19.4. The highest BCUT2D eigenvalue weighted by Crippen LogP contribution is 2.15. The van der Waals surface area contributed by atoms with Gasteiger partial charge in [-0.1, -0.05) is 0 Å². The van der Waals surface area contributed by atoms with Gasteiger partial charge in [0.25, 0.3) is 0 Å². The van der Waals surface area contributed by atoms with E-state index in [4.69, 9.17) is 15.2 Å². The van der Waals surface area contributed by atoms with Gasteiger partial charge in [0.2, 0.25) is 0 Å². The van der Waals surface area contributed by atoms with E-state index in [0.717, 1.165) is 5.75 Å². The minimum Gasteiger partial charge on any atom is -0.494 e. The molecular weight excluding hydrogens is 330 g/mol. The number of rotatable bonds is 8. The molecule has 0 unspecified atom stereocenters. The van der Waals surface area contributed by atoms with Crippen molar-refractivity contribution in [1.29, 1.82) is 0 Å². The van der Waals surface area contributed by atoms with Gasteiger partial charge in [0.05, 0.1) is 24.6 Å². The van der Waals surface area contributed by atoms with Crippen molar-refractivity contribution in [2.45, 2.75) is 20.8 Å². The zero-order chi connectivity index (χ0) is 17.9. The van der Waals surface area contributed by atoms with Crippen LogP contribution in [0.25, 0.3) is 0 Å². The topological polar surface area (TPSA) is 110 Å². The number of hydrogen-bond donors (Lipinski definition) is 3. The predicted molar refractivity (Wildman–Crippen MR) is 98.3 cm³/mol. The zero-order valence-electron chi connectivity index (χ0n) is 13.8. The minimum absolute atomic E-state index is 0.00878. The summed E-state index contributed by atoms with van der Waals surface area (Å²) < 4.78 is 10.3. The van der Waals surface area contributed by atoms with E-state index in [1.165, 1.54) is 0 Å². The lowest BCUT2D eigenvalue weighted by atomic mass is 10.2. The number of carbonyl (C=O) groups is 1. The van der Waals surface area contributed by atoms with Gasteiger partial charge < -0.3 is 15.2 Å². The number of hydrazone groups is 2. The quantitative estimate of drug-likeness (QED) is 0.282. The highest BCUT2D eigenvalue weighted by atomic mass is 32.1. The number of hydrogen-bond acceptors (Lipinski definition) is 7. The van der Waals surface area contributed by atoms with E-state index in [-0.39, 0.29) is 23.1 Å². The maximum Gasteiger partial charge on any atom is 0.360 e. The molecule has 0 bridgehead atoms. The number of anilines is 1. The maximum absolute atomic E-state index is 12.0. The van der Waals surface area contributed by atoms with Crippen molar-refractivity contribution in [1.82, 2.24) is 5.43 Å². The summed E-state index contributed by atoms with van der Waals surface area (Å²) >= 11 is 4.67. The monoisotopic (exact) mass is 351 g/mol. The van der Waals surface area contributed by atoms with Gasteiger partial charge in [-0.15, -0.1) is 0 Å². The number of thiocarbonyl (C=S) groups is 1. The lowest BCUT2D eigenvalue weighted by Crippen LogP contribution is -2.30. The summed E-state index contributed by atoms with van der Waals surface area (Å²) in [5.74, 6) is 0.137. The van der Waals surface area contributed by atoms with Crippen molar-refractivity contribution >= 4 is 40.4 Å². The third-order valence-electron chi connectivity index (χ3n) is 2.61. The van der Waals surface area contributed by atoms with Gasteiger partial charge >= 0.3 is 5.97 Å². The Morgan fingerprint density at radius 2 is 1.88 bits per heavy atom. The number of nitrogens with one attached hydrogen (secondary N) is 2. The van der Waals surface area contributed by atoms with E-state index in [0.29, 0.717) is 12.3 Å². The number of ether oxygens (including phenoxy) is 2. The third kappa shape index (κ3) is 6.61. The first-order chi connectivity index (χ1) is 11.5. The molecule has 0 aliphatic carbocycles. The SMILES string of the molecule is CCOC(=O)/C(=N\Nc1ccc(OCC)cc1)C(C)=NNC(N)=S. The van der Waals surface area contributed by atoms with E-state index in [1.54, 1.807) is 38.1 Å². The Balaban J connectivity index is 2.92. The number of carbonyl (C=O) groups excluding carboxylic acids is 1. The Bertz CT molecular complexity index is 629. The highest BCUT2D eigenvalue weighted by molar-refractivity contribution is 7.80. The maximum atomic E-state index is 12.0. The smallest absolute Gasteiger partial charge is 0.360 e. The Morgan fingerprint density at radius 3 is 2.42 bits per heavy atom. The van der Waals surface area contributed by atoms with Gasteiger partial charge in [-0.2, -0.15) is 10.2 Å². The van der Waals surface area contributed by atoms with Crippen LogP contribution in [0.5, 0.6) is 5.75 Å². The fourth-order valence-electron chi connectivity index (χ4n) is 1.58. The van der Waals surface area contributed by atoms with Crippen molar-refractivity contribution in [3.05, 3.63) is 24.3 Å². The predicted octanol–water partition coefficient (Wildman–Crippen LogP) is 1.63. The van der Waals surface area contributed by atoms with Crippen molar-refractivity contribution < 1.29 is 14.3 Å². The first-order valence-electron chi connectivity index (χ1n) is 7.31. The average Bonchev–Trinajstić information content (AvgIpc) is 2.55. The van der Waals surface area contributed by atoms with E-state index >= 15 is 0 Å². The Hall–Kier alpha value is -2.68. The van der Waals surface area contributed by atoms with Gasteiger partial charge in [-0.05, 0) is 57.3 Å². The Kier molecular flexibility index (Phi) is 8.20. The molecule has 0 aliphatic heterocycles. The third-order valence-corrected chi connectivity index (χ3v) is 2.70. The lowest BCUT2D eigenvalue weighted by molar-refractivity contribution is -0.134. The lowest BCUT2D eigenvalue weighted by Gasteiger charge is -2.08. The van der Waals surface area contributed by atoms with Crippen LogP contribution in [0.1, 0.15) is 20.8 Å². The van der Waals surface area contributed by atoms with Gasteiger partial charge in [-0.25, -0.2) is 4.79 Å².